The van der Waals surface area contributed by atoms with Crippen LogP contribution < -0.4 is 15.6 Å². The number of ether oxygens (including phenoxy) is 1. The number of rotatable bonds is 4. The van der Waals surface area contributed by atoms with E-state index in [-0.39, 0.29) is 6.03 Å². The first-order valence-electron chi connectivity index (χ1n) is 7.89. The summed E-state index contributed by atoms with van der Waals surface area (Å²) in [6.07, 6.45) is 1.62. The highest BCUT2D eigenvalue weighted by atomic mass is 16.5. The fourth-order valence-corrected chi connectivity index (χ4v) is 2.44. The van der Waals surface area contributed by atoms with Gasteiger partial charge in [-0.05, 0) is 29.8 Å². The zero-order valence-electron chi connectivity index (χ0n) is 13.3. The summed E-state index contributed by atoms with van der Waals surface area (Å²) in [5.41, 5.74) is 5.27. The third-order valence-electron chi connectivity index (χ3n) is 3.68. The Labute approximate surface area is 141 Å². The number of urea groups is 1. The molecule has 0 radical (unpaired) electrons. The Hall–Kier alpha value is -2.86. The zero-order chi connectivity index (χ0) is 16.6. The molecule has 1 fully saturated rings. The second kappa shape index (κ2) is 8.12. The van der Waals surface area contributed by atoms with Gasteiger partial charge in [0.05, 0.1) is 19.4 Å². The van der Waals surface area contributed by atoms with Crippen molar-refractivity contribution in [2.24, 2.45) is 5.10 Å². The van der Waals surface area contributed by atoms with Crippen molar-refractivity contribution in [1.82, 2.24) is 5.43 Å². The highest BCUT2D eigenvalue weighted by Gasteiger charge is 2.10. The van der Waals surface area contributed by atoms with Gasteiger partial charge < -0.3 is 15.0 Å². The van der Waals surface area contributed by atoms with Gasteiger partial charge in [0, 0.05) is 24.5 Å². The maximum Gasteiger partial charge on any atom is 0.339 e. The minimum atomic E-state index is -0.373. The highest BCUT2D eigenvalue weighted by Crippen LogP contribution is 2.15. The Morgan fingerprint density at radius 3 is 2.46 bits per heavy atom. The van der Waals surface area contributed by atoms with Gasteiger partial charge in [-0.15, -0.1) is 0 Å². The van der Waals surface area contributed by atoms with Crippen molar-refractivity contribution < 1.29 is 9.53 Å². The van der Waals surface area contributed by atoms with Crippen LogP contribution >= 0.6 is 0 Å². The number of nitrogens with zero attached hydrogens (tertiary/aromatic N) is 2. The number of morpholine rings is 1. The summed E-state index contributed by atoms with van der Waals surface area (Å²) in [5, 5.41) is 6.66. The summed E-state index contributed by atoms with van der Waals surface area (Å²) in [5.74, 6) is 0. The molecule has 0 bridgehead atoms. The van der Waals surface area contributed by atoms with Crippen LogP contribution in [0.2, 0.25) is 0 Å². The van der Waals surface area contributed by atoms with Crippen LogP contribution in [0.25, 0.3) is 0 Å². The summed E-state index contributed by atoms with van der Waals surface area (Å²) in [6, 6.07) is 16.9. The molecule has 0 atom stereocenters. The van der Waals surface area contributed by atoms with Crippen LogP contribution in [-0.2, 0) is 4.74 Å². The maximum atomic E-state index is 11.7. The number of benzene rings is 2. The molecule has 2 aromatic rings. The summed E-state index contributed by atoms with van der Waals surface area (Å²) < 4.78 is 5.35. The van der Waals surface area contributed by atoms with E-state index < -0.39 is 0 Å². The molecule has 0 aromatic heterocycles. The number of carbonyl (C=O) groups is 1. The van der Waals surface area contributed by atoms with E-state index in [1.54, 1.807) is 6.21 Å². The SMILES string of the molecule is O=C(N/N=C\c1ccc(N2CCOCC2)cc1)Nc1ccccc1. The third-order valence-corrected chi connectivity index (χ3v) is 3.68. The molecule has 1 heterocycles. The number of carbonyl (C=O) groups excluding carboxylic acids is 1. The summed E-state index contributed by atoms with van der Waals surface area (Å²) in [7, 11) is 0. The first-order chi connectivity index (χ1) is 11.8. The van der Waals surface area contributed by atoms with E-state index in [0.29, 0.717) is 0 Å². The Morgan fingerprint density at radius 2 is 1.75 bits per heavy atom. The quantitative estimate of drug-likeness (QED) is 0.671. The normalized spacial score (nSPS) is 14.6. The van der Waals surface area contributed by atoms with Crippen LogP contribution in [0.3, 0.4) is 0 Å². The zero-order valence-corrected chi connectivity index (χ0v) is 13.3. The second-order valence-electron chi connectivity index (χ2n) is 5.38. The highest BCUT2D eigenvalue weighted by molar-refractivity contribution is 5.90. The molecule has 2 aromatic carbocycles. The molecule has 0 spiro atoms. The van der Waals surface area contributed by atoms with E-state index in [1.807, 2.05) is 42.5 Å². The minimum Gasteiger partial charge on any atom is -0.378 e. The Morgan fingerprint density at radius 1 is 1.04 bits per heavy atom. The van der Waals surface area contributed by atoms with Gasteiger partial charge in [0.25, 0.3) is 0 Å². The van der Waals surface area contributed by atoms with Gasteiger partial charge in [-0.25, -0.2) is 10.2 Å². The van der Waals surface area contributed by atoms with Gasteiger partial charge in [0.2, 0.25) is 0 Å². The lowest BCUT2D eigenvalue weighted by Crippen LogP contribution is -2.36. The predicted octanol–water partition coefficient (Wildman–Crippen LogP) is 2.68. The monoisotopic (exact) mass is 324 g/mol. The molecule has 1 aliphatic rings. The number of amides is 2. The average molecular weight is 324 g/mol. The fraction of sp³-hybridized carbons (Fsp3) is 0.222. The molecule has 24 heavy (non-hydrogen) atoms. The predicted molar refractivity (Wildman–Crippen MR) is 95.7 cm³/mol. The van der Waals surface area contributed by atoms with Crippen molar-refractivity contribution in [3.05, 3.63) is 60.2 Å². The molecule has 3 rings (SSSR count). The molecule has 1 aliphatic heterocycles. The van der Waals surface area contributed by atoms with Crippen LogP contribution in [0, 0.1) is 0 Å². The summed E-state index contributed by atoms with van der Waals surface area (Å²) in [4.78, 5) is 14.0. The molecular weight excluding hydrogens is 304 g/mol. The Kier molecular flexibility index (Phi) is 5.42. The summed E-state index contributed by atoms with van der Waals surface area (Å²) in [6.45, 7) is 3.36. The van der Waals surface area contributed by atoms with Crippen LogP contribution in [0.5, 0.6) is 0 Å². The van der Waals surface area contributed by atoms with Crippen LogP contribution in [-0.4, -0.2) is 38.5 Å². The lowest BCUT2D eigenvalue weighted by atomic mass is 10.2. The molecule has 0 unspecified atom stereocenters. The van der Waals surface area contributed by atoms with E-state index in [4.69, 9.17) is 4.74 Å². The maximum absolute atomic E-state index is 11.7. The number of hydrazone groups is 1. The second-order valence-corrected chi connectivity index (χ2v) is 5.38. The molecule has 0 aliphatic carbocycles. The molecule has 2 amide bonds. The van der Waals surface area contributed by atoms with E-state index in [0.717, 1.165) is 37.6 Å². The van der Waals surface area contributed by atoms with Crippen LogP contribution in [0.4, 0.5) is 16.2 Å². The molecule has 1 saturated heterocycles. The standard InChI is InChI=1S/C18H20N4O2/c23-18(20-16-4-2-1-3-5-16)21-19-14-15-6-8-17(9-7-15)22-10-12-24-13-11-22/h1-9,14H,10-13H2,(H2,20,21,23)/b19-14-. The molecule has 0 saturated carbocycles. The van der Waals surface area contributed by atoms with Gasteiger partial charge in [-0.3, -0.25) is 0 Å². The smallest absolute Gasteiger partial charge is 0.339 e. The van der Waals surface area contributed by atoms with E-state index in [2.05, 4.69) is 32.9 Å². The van der Waals surface area contributed by atoms with E-state index >= 15 is 0 Å². The largest absolute Gasteiger partial charge is 0.378 e. The van der Waals surface area contributed by atoms with Crippen LogP contribution in [0.15, 0.2) is 59.7 Å². The number of anilines is 2. The lowest BCUT2D eigenvalue weighted by molar-refractivity contribution is 0.122. The lowest BCUT2D eigenvalue weighted by Gasteiger charge is -2.28. The fourth-order valence-electron chi connectivity index (χ4n) is 2.44. The van der Waals surface area contributed by atoms with Crippen molar-refractivity contribution in [3.63, 3.8) is 0 Å². The topological polar surface area (TPSA) is 66.0 Å². The van der Waals surface area contributed by atoms with E-state index in [9.17, 15) is 4.79 Å². The molecule has 124 valence electrons. The first kappa shape index (κ1) is 16.0. The van der Waals surface area contributed by atoms with Gasteiger partial charge >= 0.3 is 6.03 Å². The molecular formula is C18H20N4O2. The van der Waals surface area contributed by atoms with Gasteiger partial charge in [0.1, 0.15) is 0 Å². The van der Waals surface area contributed by atoms with E-state index in [1.165, 1.54) is 5.69 Å². The van der Waals surface area contributed by atoms with Crippen molar-refractivity contribution in [2.45, 2.75) is 0 Å². The number of hydrogen-bond donors (Lipinski definition) is 2. The number of nitrogens with one attached hydrogen (secondary N) is 2. The van der Waals surface area contributed by atoms with Crippen molar-refractivity contribution in [3.8, 4) is 0 Å². The van der Waals surface area contributed by atoms with Crippen molar-refractivity contribution >= 4 is 23.6 Å². The van der Waals surface area contributed by atoms with Crippen LogP contribution in [0.1, 0.15) is 5.56 Å². The molecule has 6 nitrogen and oxygen atoms in total. The summed E-state index contributed by atoms with van der Waals surface area (Å²) >= 11 is 0. The van der Waals surface area contributed by atoms with Gasteiger partial charge in [-0.1, -0.05) is 30.3 Å². The van der Waals surface area contributed by atoms with Crippen molar-refractivity contribution in [1.29, 1.82) is 0 Å². The third kappa shape index (κ3) is 4.57. The first-order valence-corrected chi connectivity index (χ1v) is 7.89. The molecule has 6 heteroatoms. The molecule has 2 N–H and O–H groups in total. The van der Waals surface area contributed by atoms with Gasteiger partial charge in [0.15, 0.2) is 0 Å². The Balaban J connectivity index is 1.50. The number of hydrogen-bond acceptors (Lipinski definition) is 4. The average Bonchev–Trinajstić information content (AvgIpc) is 2.64. The number of para-hydroxylation sites is 1. The van der Waals surface area contributed by atoms with Gasteiger partial charge in [-0.2, -0.15) is 5.10 Å². The minimum absolute atomic E-state index is 0.373. The Bertz CT molecular complexity index is 680. The van der Waals surface area contributed by atoms with Crippen molar-refractivity contribution in [2.75, 3.05) is 36.5 Å².